The summed E-state index contributed by atoms with van der Waals surface area (Å²) in [4.78, 5) is 31.0. The van der Waals surface area contributed by atoms with Crippen molar-refractivity contribution in [2.24, 2.45) is 0 Å². The summed E-state index contributed by atoms with van der Waals surface area (Å²) in [5.41, 5.74) is 0. The second-order valence-corrected chi connectivity index (χ2v) is 6.56. The average Bonchev–Trinajstić information content (AvgIpc) is 2.92. The maximum atomic E-state index is 12.4. The number of rotatable bonds is 4. The van der Waals surface area contributed by atoms with E-state index in [1.54, 1.807) is 6.20 Å². The maximum absolute atomic E-state index is 12.4. The molecule has 1 saturated heterocycles. The molecular weight excluding hydrogens is 294 g/mol. The van der Waals surface area contributed by atoms with Crippen LogP contribution in [0, 0.1) is 0 Å². The van der Waals surface area contributed by atoms with Gasteiger partial charge in [-0.15, -0.1) is 0 Å². The Labute approximate surface area is 136 Å². The largest absolute Gasteiger partial charge is 0.353 e. The molecular formula is C16H25N5O2. The van der Waals surface area contributed by atoms with Crippen LogP contribution in [0.2, 0.25) is 0 Å². The van der Waals surface area contributed by atoms with Crippen molar-refractivity contribution in [3.05, 3.63) is 12.0 Å². The Kier molecular flexibility index (Phi) is 4.66. The highest BCUT2D eigenvalue weighted by Crippen LogP contribution is 2.20. The van der Waals surface area contributed by atoms with Gasteiger partial charge in [0.15, 0.2) is 0 Å². The van der Waals surface area contributed by atoms with Crippen LogP contribution in [0.3, 0.4) is 0 Å². The van der Waals surface area contributed by atoms with Crippen molar-refractivity contribution in [3.8, 4) is 0 Å². The third-order valence-electron chi connectivity index (χ3n) is 4.65. The molecule has 3 heterocycles. The van der Waals surface area contributed by atoms with Crippen LogP contribution in [-0.2, 0) is 22.6 Å². The fourth-order valence-corrected chi connectivity index (χ4v) is 3.45. The highest BCUT2D eigenvalue weighted by Gasteiger charge is 2.33. The van der Waals surface area contributed by atoms with Crippen LogP contribution in [0.25, 0.3) is 0 Å². The van der Waals surface area contributed by atoms with Gasteiger partial charge in [0, 0.05) is 32.1 Å². The van der Waals surface area contributed by atoms with Gasteiger partial charge in [-0.3, -0.25) is 14.5 Å². The summed E-state index contributed by atoms with van der Waals surface area (Å²) in [5, 5.41) is 5.79. The van der Waals surface area contributed by atoms with Crippen molar-refractivity contribution in [1.82, 2.24) is 19.8 Å². The number of piperazine rings is 1. The van der Waals surface area contributed by atoms with Crippen LogP contribution in [0.4, 0.5) is 5.82 Å². The minimum Gasteiger partial charge on any atom is -0.353 e. The summed E-state index contributed by atoms with van der Waals surface area (Å²) in [7, 11) is 0. The molecule has 1 fully saturated rings. The van der Waals surface area contributed by atoms with Crippen molar-refractivity contribution < 1.29 is 9.59 Å². The highest BCUT2D eigenvalue weighted by atomic mass is 16.2. The Hall–Kier alpha value is -1.89. The zero-order valence-corrected chi connectivity index (χ0v) is 13.8. The third-order valence-corrected chi connectivity index (χ3v) is 4.65. The quantitative estimate of drug-likeness (QED) is 0.858. The van der Waals surface area contributed by atoms with Gasteiger partial charge in [0.2, 0.25) is 11.8 Å². The molecule has 0 saturated carbocycles. The van der Waals surface area contributed by atoms with E-state index in [-0.39, 0.29) is 24.3 Å². The summed E-state index contributed by atoms with van der Waals surface area (Å²) in [6.45, 7) is 6.43. The van der Waals surface area contributed by atoms with Crippen LogP contribution < -0.4 is 10.6 Å². The number of carbonyl (C=O) groups excluding carboxylic acids is 2. The lowest BCUT2D eigenvalue weighted by molar-refractivity contribution is -0.133. The van der Waals surface area contributed by atoms with Crippen LogP contribution >= 0.6 is 0 Å². The van der Waals surface area contributed by atoms with Gasteiger partial charge in [0.05, 0.1) is 18.7 Å². The van der Waals surface area contributed by atoms with Gasteiger partial charge < -0.3 is 15.2 Å². The summed E-state index contributed by atoms with van der Waals surface area (Å²) < 4.78 is 2.07. The normalized spacial score (nSPS) is 21.9. The van der Waals surface area contributed by atoms with Gasteiger partial charge in [0.1, 0.15) is 11.6 Å². The first-order valence-electron chi connectivity index (χ1n) is 8.44. The molecule has 0 bridgehead atoms. The maximum Gasteiger partial charge on any atom is 0.237 e. The van der Waals surface area contributed by atoms with Crippen molar-refractivity contribution in [3.63, 3.8) is 0 Å². The molecule has 1 aromatic heterocycles. The molecule has 1 atom stereocenters. The van der Waals surface area contributed by atoms with Crippen molar-refractivity contribution in [2.75, 3.05) is 18.4 Å². The Bertz CT molecular complexity index is 595. The predicted molar refractivity (Wildman–Crippen MR) is 87.1 cm³/mol. The number of aryl methyl sites for hydroxylation is 1. The van der Waals surface area contributed by atoms with E-state index >= 15 is 0 Å². The molecule has 0 spiro atoms. The summed E-state index contributed by atoms with van der Waals surface area (Å²) >= 11 is 0. The number of imidazole rings is 1. The summed E-state index contributed by atoms with van der Waals surface area (Å²) in [6, 6.07) is -0.158. The van der Waals surface area contributed by atoms with Gasteiger partial charge in [-0.1, -0.05) is 0 Å². The molecule has 23 heavy (non-hydrogen) atoms. The molecule has 2 amide bonds. The van der Waals surface area contributed by atoms with Crippen LogP contribution in [0.5, 0.6) is 0 Å². The molecule has 1 aromatic rings. The second-order valence-electron chi connectivity index (χ2n) is 6.56. The molecule has 0 aromatic carbocycles. The molecule has 3 rings (SSSR count). The lowest BCUT2D eigenvalue weighted by Crippen LogP contribution is -2.58. The topological polar surface area (TPSA) is 79.3 Å². The van der Waals surface area contributed by atoms with E-state index in [2.05, 4.69) is 38.9 Å². The molecule has 0 radical (unpaired) electrons. The van der Waals surface area contributed by atoms with E-state index < -0.39 is 6.04 Å². The Morgan fingerprint density at radius 1 is 1.43 bits per heavy atom. The van der Waals surface area contributed by atoms with Crippen LogP contribution in [-0.4, -0.2) is 51.4 Å². The zero-order chi connectivity index (χ0) is 16.4. The van der Waals surface area contributed by atoms with E-state index in [9.17, 15) is 9.59 Å². The fraction of sp³-hybridized carbons (Fsp3) is 0.688. The highest BCUT2D eigenvalue weighted by molar-refractivity contribution is 5.95. The number of aromatic nitrogens is 2. The lowest BCUT2D eigenvalue weighted by Gasteiger charge is -2.37. The van der Waals surface area contributed by atoms with Crippen molar-refractivity contribution >= 4 is 17.6 Å². The van der Waals surface area contributed by atoms with Gasteiger partial charge in [-0.2, -0.15) is 0 Å². The van der Waals surface area contributed by atoms with E-state index in [4.69, 9.17) is 0 Å². The molecule has 7 heteroatoms. The molecule has 2 N–H and O–H groups in total. The van der Waals surface area contributed by atoms with E-state index in [0.29, 0.717) is 6.54 Å². The van der Waals surface area contributed by atoms with Crippen molar-refractivity contribution in [2.45, 2.75) is 58.2 Å². The molecule has 0 aliphatic carbocycles. The van der Waals surface area contributed by atoms with Crippen LogP contribution in [0.15, 0.2) is 6.20 Å². The Morgan fingerprint density at radius 3 is 3.04 bits per heavy atom. The lowest BCUT2D eigenvalue weighted by atomic mass is 10.1. The molecule has 0 unspecified atom stereocenters. The number of amides is 2. The molecule has 2 aliphatic rings. The first-order valence-corrected chi connectivity index (χ1v) is 8.44. The fourth-order valence-electron chi connectivity index (χ4n) is 3.45. The minimum atomic E-state index is -0.396. The number of anilines is 1. The second kappa shape index (κ2) is 6.70. The smallest absolute Gasteiger partial charge is 0.237 e. The zero-order valence-electron chi connectivity index (χ0n) is 13.8. The van der Waals surface area contributed by atoms with Gasteiger partial charge in [0.25, 0.3) is 0 Å². The number of hydrogen-bond acceptors (Lipinski definition) is 4. The number of nitrogens with zero attached hydrogens (tertiary/aromatic N) is 3. The molecule has 126 valence electrons. The van der Waals surface area contributed by atoms with Crippen molar-refractivity contribution in [1.29, 1.82) is 0 Å². The first kappa shape index (κ1) is 16.0. The Balaban J connectivity index is 1.66. The molecule has 7 nitrogen and oxygen atoms in total. The van der Waals surface area contributed by atoms with E-state index in [0.717, 1.165) is 44.0 Å². The third kappa shape index (κ3) is 3.39. The van der Waals surface area contributed by atoms with Crippen LogP contribution in [0.1, 0.15) is 38.9 Å². The van der Waals surface area contributed by atoms with Gasteiger partial charge in [-0.05, 0) is 26.7 Å². The Morgan fingerprint density at radius 2 is 2.26 bits per heavy atom. The average molecular weight is 319 g/mol. The standard InChI is InChI=1S/C16H25N5O2/c1-11(2)20-8-6-17-16(23)12(20)9-15(22)19-14-10-18-13-5-3-4-7-21(13)14/h10-12H,3-9H2,1-2H3,(H,17,23)(H,19,22)/t12-/m1/s1. The van der Waals surface area contributed by atoms with E-state index in [1.807, 2.05) is 0 Å². The summed E-state index contributed by atoms with van der Waals surface area (Å²) in [5.74, 6) is 1.59. The molecule has 2 aliphatic heterocycles. The first-order chi connectivity index (χ1) is 11.1. The number of hydrogen-bond donors (Lipinski definition) is 2. The van der Waals surface area contributed by atoms with Gasteiger partial charge in [-0.25, -0.2) is 4.98 Å². The SMILES string of the molecule is CC(C)N1CCNC(=O)[C@H]1CC(=O)Nc1cnc2n1CCCC2. The van der Waals surface area contributed by atoms with Gasteiger partial charge >= 0.3 is 0 Å². The van der Waals surface area contributed by atoms with E-state index in [1.165, 1.54) is 0 Å². The number of fused-ring (bicyclic) bond motifs is 1. The minimum absolute atomic E-state index is 0.0598. The number of carbonyl (C=O) groups is 2. The monoisotopic (exact) mass is 319 g/mol. The number of nitrogens with one attached hydrogen (secondary N) is 2. The summed E-state index contributed by atoms with van der Waals surface area (Å²) in [6.07, 6.45) is 5.11. The predicted octanol–water partition coefficient (Wildman–Crippen LogP) is 0.757.